The number of ether oxygens (including phenoxy) is 2. The highest BCUT2D eigenvalue weighted by Crippen LogP contribution is 2.42. The van der Waals surface area contributed by atoms with Crippen LogP contribution in [-0.2, 0) is 4.79 Å². The molecular formula is C24H22N6O3. The number of hydrogen-bond acceptors (Lipinski definition) is 7. The van der Waals surface area contributed by atoms with Crippen molar-refractivity contribution in [3.63, 3.8) is 0 Å². The topological polar surface area (TPSA) is 104 Å². The number of nitrogens with one attached hydrogen (secondary N) is 1. The van der Waals surface area contributed by atoms with Gasteiger partial charge < -0.3 is 14.8 Å². The van der Waals surface area contributed by atoms with E-state index in [9.17, 15) is 4.79 Å². The maximum Gasteiger partial charge on any atom is 0.272 e. The SMILES string of the molecule is COc1cccc(-c2cnnc(-n3nc(C)c4c3NC(=O)C[C@@H]4c3ccccc3OC)n2)c1. The number of carbonyl (C=O) groups is 1. The van der Waals surface area contributed by atoms with Gasteiger partial charge in [0.05, 0.1) is 31.8 Å². The molecule has 1 atom stereocenters. The second-order valence-corrected chi connectivity index (χ2v) is 7.68. The lowest BCUT2D eigenvalue weighted by atomic mass is 9.85. The molecule has 0 radical (unpaired) electrons. The van der Waals surface area contributed by atoms with Gasteiger partial charge in [0.25, 0.3) is 5.95 Å². The van der Waals surface area contributed by atoms with E-state index in [1.54, 1.807) is 25.1 Å². The van der Waals surface area contributed by atoms with Gasteiger partial charge in [-0.05, 0) is 25.1 Å². The van der Waals surface area contributed by atoms with E-state index in [0.717, 1.165) is 28.1 Å². The molecule has 33 heavy (non-hydrogen) atoms. The summed E-state index contributed by atoms with van der Waals surface area (Å²) in [5, 5.41) is 15.9. The zero-order chi connectivity index (χ0) is 22.9. The Morgan fingerprint density at radius 3 is 2.76 bits per heavy atom. The molecule has 1 aliphatic rings. The first-order valence-corrected chi connectivity index (χ1v) is 10.5. The van der Waals surface area contributed by atoms with Crippen molar-refractivity contribution in [1.29, 1.82) is 0 Å². The van der Waals surface area contributed by atoms with Gasteiger partial charge in [-0.25, -0.2) is 4.98 Å². The molecule has 0 saturated heterocycles. The number of aryl methyl sites for hydroxylation is 1. The highest BCUT2D eigenvalue weighted by molar-refractivity contribution is 5.95. The van der Waals surface area contributed by atoms with Crippen LogP contribution < -0.4 is 14.8 Å². The third-order valence-electron chi connectivity index (χ3n) is 5.72. The van der Waals surface area contributed by atoms with Crippen molar-refractivity contribution in [3.05, 3.63) is 71.5 Å². The Kier molecular flexibility index (Phi) is 5.21. The van der Waals surface area contributed by atoms with Crippen LogP contribution in [0.5, 0.6) is 11.5 Å². The van der Waals surface area contributed by atoms with Gasteiger partial charge in [0.15, 0.2) is 0 Å². The number of amides is 1. The molecule has 5 rings (SSSR count). The van der Waals surface area contributed by atoms with Gasteiger partial charge in [-0.3, -0.25) is 4.79 Å². The Bertz CT molecular complexity index is 1350. The Hall–Kier alpha value is -4.27. The number of carbonyl (C=O) groups excluding carboxylic acids is 1. The number of rotatable bonds is 5. The first kappa shape index (κ1) is 20.6. The highest BCUT2D eigenvalue weighted by Gasteiger charge is 2.34. The third-order valence-corrected chi connectivity index (χ3v) is 5.72. The summed E-state index contributed by atoms with van der Waals surface area (Å²) in [5.41, 5.74) is 4.07. The van der Waals surface area contributed by atoms with E-state index >= 15 is 0 Å². The first-order valence-electron chi connectivity index (χ1n) is 10.5. The van der Waals surface area contributed by atoms with Crippen molar-refractivity contribution in [1.82, 2.24) is 25.0 Å². The minimum Gasteiger partial charge on any atom is -0.497 e. The molecular weight excluding hydrogens is 420 g/mol. The van der Waals surface area contributed by atoms with E-state index in [-0.39, 0.29) is 17.8 Å². The Balaban J connectivity index is 1.62. The molecule has 1 N–H and O–H groups in total. The van der Waals surface area contributed by atoms with E-state index in [0.29, 0.717) is 23.7 Å². The van der Waals surface area contributed by atoms with Gasteiger partial charge in [0, 0.05) is 29.0 Å². The molecule has 2 aromatic carbocycles. The molecule has 9 nitrogen and oxygen atoms in total. The average Bonchev–Trinajstić information content (AvgIpc) is 3.19. The third kappa shape index (κ3) is 3.67. The molecule has 9 heteroatoms. The monoisotopic (exact) mass is 442 g/mol. The zero-order valence-corrected chi connectivity index (χ0v) is 18.4. The van der Waals surface area contributed by atoms with Gasteiger partial charge in [0.1, 0.15) is 17.3 Å². The second kappa shape index (κ2) is 8.34. The van der Waals surface area contributed by atoms with Crippen molar-refractivity contribution >= 4 is 11.7 Å². The number of aromatic nitrogens is 5. The molecule has 2 aromatic heterocycles. The van der Waals surface area contributed by atoms with Gasteiger partial charge in [-0.15, -0.1) is 5.10 Å². The van der Waals surface area contributed by atoms with Gasteiger partial charge >= 0.3 is 0 Å². The van der Waals surface area contributed by atoms with Crippen molar-refractivity contribution in [2.24, 2.45) is 0 Å². The Morgan fingerprint density at radius 2 is 1.94 bits per heavy atom. The molecule has 166 valence electrons. The number of hydrogen-bond donors (Lipinski definition) is 1. The van der Waals surface area contributed by atoms with Gasteiger partial charge in [0.2, 0.25) is 5.91 Å². The minimum atomic E-state index is -0.201. The standard InChI is InChI=1S/C24H22N6O3/c1-14-22-18(17-9-4-5-10-20(17)33-3)12-21(31)27-23(22)30(29-14)24-26-19(13-25-28-24)15-7-6-8-16(11-15)32-2/h4-11,13,18H,12H2,1-3H3,(H,27,31)/t18-/m1/s1. The molecule has 0 fully saturated rings. The highest BCUT2D eigenvalue weighted by atomic mass is 16.5. The fraction of sp³-hybridized carbons (Fsp3) is 0.208. The molecule has 1 aliphatic heterocycles. The van der Waals surface area contributed by atoms with Crippen LogP contribution in [0.4, 0.5) is 5.82 Å². The van der Waals surface area contributed by atoms with Gasteiger partial charge in [-0.1, -0.05) is 30.3 Å². The molecule has 0 spiro atoms. The summed E-state index contributed by atoms with van der Waals surface area (Å²) >= 11 is 0. The second-order valence-electron chi connectivity index (χ2n) is 7.68. The summed E-state index contributed by atoms with van der Waals surface area (Å²) < 4.78 is 12.4. The number of anilines is 1. The van der Waals surface area contributed by atoms with E-state index in [1.807, 2.05) is 55.5 Å². The van der Waals surface area contributed by atoms with E-state index in [2.05, 4.69) is 25.6 Å². The summed E-state index contributed by atoms with van der Waals surface area (Å²) in [6.45, 7) is 1.91. The summed E-state index contributed by atoms with van der Waals surface area (Å²) in [7, 11) is 3.24. The molecule has 3 heterocycles. The van der Waals surface area contributed by atoms with Crippen LogP contribution in [0.25, 0.3) is 17.2 Å². The molecule has 1 amide bonds. The summed E-state index contributed by atoms with van der Waals surface area (Å²) in [6, 6.07) is 15.3. The molecule has 4 aromatic rings. The number of methoxy groups -OCH3 is 2. The molecule has 0 unspecified atom stereocenters. The summed E-state index contributed by atoms with van der Waals surface area (Å²) in [5.74, 6) is 1.94. The normalized spacial score (nSPS) is 15.0. The van der Waals surface area contributed by atoms with Crippen molar-refractivity contribution < 1.29 is 14.3 Å². The Labute approximate surface area is 190 Å². The summed E-state index contributed by atoms with van der Waals surface area (Å²) in [4.78, 5) is 17.4. The molecule has 0 aliphatic carbocycles. The lowest BCUT2D eigenvalue weighted by Crippen LogP contribution is -2.25. The smallest absolute Gasteiger partial charge is 0.272 e. The number of fused-ring (bicyclic) bond motifs is 1. The fourth-order valence-corrected chi connectivity index (χ4v) is 4.22. The van der Waals surface area contributed by atoms with Crippen molar-refractivity contribution in [2.75, 3.05) is 19.5 Å². The fourth-order valence-electron chi connectivity index (χ4n) is 4.22. The van der Waals surface area contributed by atoms with Crippen molar-refractivity contribution in [3.8, 4) is 28.7 Å². The van der Waals surface area contributed by atoms with E-state index in [1.165, 1.54) is 0 Å². The zero-order valence-electron chi connectivity index (χ0n) is 18.4. The van der Waals surface area contributed by atoms with Gasteiger partial charge in [-0.2, -0.15) is 14.9 Å². The van der Waals surface area contributed by atoms with E-state index < -0.39 is 0 Å². The molecule has 0 saturated carbocycles. The molecule has 0 bridgehead atoms. The average molecular weight is 442 g/mol. The van der Waals surface area contributed by atoms with Crippen LogP contribution in [0.15, 0.2) is 54.7 Å². The predicted octanol–water partition coefficient (Wildman–Crippen LogP) is 3.52. The lowest BCUT2D eigenvalue weighted by Gasteiger charge is -2.25. The lowest BCUT2D eigenvalue weighted by molar-refractivity contribution is -0.116. The summed E-state index contributed by atoms with van der Waals surface area (Å²) in [6.07, 6.45) is 1.88. The van der Waals surface area contributed by atoms with Crippen LogP contribution in [0.2, 0.25) is 0 Å². The maximum atomic E-state index is 12.7. The maximum absolute atomic E-state index is 12.7. The van der Waals surface area contributed by atoms with E-state index in [4.69, 9.17) is 9.47 Å². The quantitative estimate of drug-likeness (QED) is 0.504. The number of benzene rings is 2. The number of nitrogens with zero attached hydrogens (tertiary/aromatic N) is 5. The van der Waals surface area contributed by atoms with Crippen LogP contribution in [0, 0.1) is 6.92 Å². The van der Waals surface area contributed by atoms with Crippen LogP contribution in [0.1, 0.15) is 29.2 Å². The first-order chi connectivity index (χ1) is 16.1. The number of para-hydroxylation sites is 1. The predicted molar refractivity (Wildman–Crippen MR) is 122 cm³/mol. The minimum absolute atomic E-state index is 0.114. The van der Waals surface area contributed by atoms with Crippen LogP contribution >= 0.6 is 0 Å². The Morgan fingerprint density at radius 1 is 1.09 bits per heavy atom. The largest absolute Gasteiger partial charge is 0.497 e. The van der Waals surface area contributed by atoms with Crippen molar-refractivity contribution in [2.45, 2.75) is 19.3 Å². The van der Waals surface area contributed by atoms with Crippen LogP contribution in [0.3, 0.4) is 0 Å². The van der Waals surface area contributed by atoms with Crippen LogP contribution in [-0.4, -0.2) is 45.1 Å².